The summed E-state index contributed by atoms with van der Waals surface area (Å²) in [6, 6.07) is 10.0. The number of anilines is 1. The van der Waals surface area contributed by atoms with Gasteiger partial charge in [-0.2, -0.15) is 0 Å². The molecule has 0 radical (unpaired) electrons. The molecule has 2 aliphatic rings. The molecule has 2 heterocycles. The molecule has 0 saturated carbocycles. The highest BCUT2D eigenvalue weighted by molar-refractivity contribution is 6.06. The van der Waals surface area contributed by atoms with Gasteiger partial charge in [-0.25, -0.2) is 14.4 Å². The number of methoxy groups -OCH3 is 3. The maximum absolute atomic E-state index is 12.7. The molecule has 168 valence electrons. The van der Waals surface area contributed by atoms with E-state index in [-0.39, 0.29) is 28.3 Å². The van der Waals surface area contributed by atoms with Crippen molar-refractivity contribution in [2.45, 2.75) is 0 Å². The summed E-state index contributed by atoms with van der Waals surface area (Å²) in [6.07, 6.45) is 6.16. The van der Waals surface area contributed by atoms with Crippen LogP contribution in [0.4, 0.5) is 5.69 Å². The van der Waals surface area contributed by atoms with Crippen molar-refractivity contribution in [1.29, 1.82) is 0 Å². The Hall–Kier alpha value is -4.53. The second kappa shape index (κ2) is 8.91. The number of hydrogen-bond donors (Lipinski definition) is 0. The molecule has 33 heavy (non-hydrogen) atoms. The first-order valence-electron chi connectivity index (χ1n) is 9.74. The fourth-order valence-electron chi connectivity index (χ4n) is 3.38. The number of ether oxygens (including phenoxy) is 5. The Balaban J connectivity index is 1.92. The Kier molecular flexibility index (Phi) is 5.86. The van der Waals surface area contributed by atoms with Crippen LogP contribution >= 0.6 is 0 Å². The van der Waals surface area contributed by atoms with Crippen LogP contribution in [0.15, 0.2) is 72.1 Å². The van der Waals surface area contributed by atoms with Crippen LogP contribution in [0, 0.1) is 0 Å². The third kappa shape index (κ3) is 3.91. The Morgan fingerprint density at radius 2 is 1.45 bits per heavy atom. The summed E-state index contributed by atoms with van der Waals surface area (Å²) < 4.78 is 26.6. The first-order valence-corrected chi connectivity index (χ1v) is 9.74. The Labute approximate surface area is 189 Å². The lowest BCUT2D eigenvalue weighted by Crippen LogP contribution is -2.27. The summed E-state index contributed by atoms with van der Waals surface area (Å²) in [5.74, 6) is -0.926. The highest BCUT2D eigenvalue weighted by Gasteiger charge is 2.31. The lowest BCUT2D eigenvalue weighted by Gasteiger charge is -2.27. The number of benzene rings is 2. The maximum Gasteiger partial charge on any atom is 0.355 e. The van der Waals surface area contributed by atoms with Crippen molar-refractivity contribution in [3.63, 3.8) is 0 Å². The third-order valence-corrected chi connectivity index (χ3v) is 4.89. The predicted octanol–water partition coefficient (Wildman–Crippen LogP) is 3.86. The van der Waals surface area contributed by atoms with E-state index in [2.05, 4.69) is 0 Å². The van der Waals surface area contributed by atoms with Crippen molar-refractivity contribution in [2.75, 3.05) is 26.2 Å². The maximum atomic E-state index is 12.7. The van der Waals surface area contributed by atoms with Crippen molar-refractivity contribution in [2.24, 2.45) is 0 Å². The van der Waals surface area contributed by atoms with E-state index >= 15 is 0 Å². The summed E-state index contributed by atoms with van der Waals surface area (Å²) in [5, 5.41) is 0. The minimum atomic E-state index is -0.786. The van der Waals surface area contributed by atoms with Crippen molar-refractivity contribution in [1.82, 2.24) is 0 Å². The van der Waals surface area contributed by atoms with Crippen molar-refractivity contribution in [3.8, 4) is 23.0 Å². The Morgan fingerprint density at radius 1 is 0.788 bits per heavy atom. The van der Waals surface area contributed by atoms with Gasteiger partial charge in [-0.1, -0.05) is 18.2 Å². The first kappa shape index (κ1) is 21.7. The molecule has 0 aliphatic carbocycles. The van der Waals surface area contributed by atoms with Gasteiger partial charge in [-0.3, -0.25) is 0 Å². The number of fused-ring (bicyclic) bond motifs is 2. The second-order valence-electron chi connectivity index (χ2n) is 6.78. The number of hydrogen-bond acceptors (Lipinski definition) is 9. The van der Waals surface area contributed by atoms with E-state index in [0.29, 0.717) is 17.2 Å². The predicted molar refractivity (Wildman–Crippen MR) is 116 cm³/mol. The van der Waals surface area contributed by atoms with E-state index in [9.17, 15) is 14.4 Å². The topological polar surface area (TPSA) is 101 Å². The molecule has 0 atom stereocenters. The molecule has 2 aromatic carbocycles. The van der Waals surface area contributed by atoms with Crippen LogP contribution in [0.25, 0.3) is 0 Å². The zero-order chi connectivity index (χ0) is 23.5. The molecule has 2 aliphatic heterocycles. The molecule has 0 spiro atoms. The Morgan fingerprint density at radius 3 is 2.12 bits per heavy atom. The standard InChI is InChI=1S/C24H19NO8/c1-29-22(26)15-8-6-7-11-25(20(15)24(28)31-3)14-12-16(23(27)30-2)21-19(13-14)32-17-9-4-5-10-18(17)33-21/h4-13H,1-3H3. The van der Waals surface area contributed by atoms with E-state index in [1.807, 2.05) is 0 Å². The van der Waals surface area contributed by atoms with Crippen LogP contribution in [-0.4, -0.2) is 39.2 Å². The fourth-order valence-corrected chi connectivity index (χ4v) is 3.38. The van der Waals surface area contributed by atoms with Gasteiger partial charge in [0.2, 0.25) is 0 Å². The molecule has 0 fully saturated rings. The molecule has 0 saturated heterocycles. The van der Waals surface area contributed by atoms with Gasteiger partial charge in [0.25, 0.3) is 0 Å². The number of nitrogens with zero attached hydrogens (tertiary/aromatic N) is 1. The van der Waals surface area contributed by atoms with Gasteiger partial charge < -0.3 is 28.6 Å². The van der Waals surface area contributed by atoms with Gasteiger partial charge in [0, 0.05) is 12.3 Å². The molecule has 0 aromatic heterocycles. The van der Waals surface area contributed by atoms with Gasteiger partial charge in [0.15, 0.2) is 23.0 Å². The van der Waals surface area contributed by atoms with Crippen LogP contribution in [0.3, 0.4) is 0 Å². The van der Waals surface area contributed by atoms with E-state index in [0.717, 1.165) is 0 Å². The van der Waals surface area contributed by atoms with Crippen molar-refractivity contribution in [3.05, 3.63) is 77.7 Å². The largest absolute Gasteiger partial charge is 0.465 e. The average molecular weight is 449 g/mol. The number of carbonyl (C=O) groups excluding carboxylic acids is 3. The zero-order valence-corrected chi connectivity index (χ0v) is 18.0. The van der Waals surface area contributed by atoms with E-state index < -0.39 is 17.9 Å². The minimum absolute atomic E-state index is 0.0331. The first-order chi connectivity index (χ1) is 16.0. The third-order valence-electron chi connectivity index (χ3n) is 4.89. The molecule has 0 bridgehead atoms. The lowest BCUT2D eigenvalue weighted by atomic mass is 10.1. The lowest BCUT2D eigenvalue weighted by molar-refractivity contribution is -0.139. The van der Waals surface area contributed by atoms with E-state index in [1.165, 1.54) is 38.4 Å². The zero-order valence-electron chi connectivity index (χ0n) is 18.0. The molecule has 9 heteroatoms. The highest BCUT2D eigenvalue weighted by atomic mass is 16.6. The highest BCUT2D eigenvalue weighted by Crippen LogP contribution is 2.49. The van der Waals surface area contributed by atoms with Crippen LogP contribution < -0.4 is 14.4 Å². The smallest absolute Gasteiger partial charge is 0.355 e. The molecule has 4 rings (SSSR count). The van der Waals surface area contributed by atoms with Crippen molar-refractivity contribution < 1.29 is 38.1 Å². The SMILES string of the molecule is COC(=O)C1=C(C(=O)OC)N(c2cc3c(c(C(=O)OC)c2)Oc2ccccc2O3)C=CC=C1. The summed E-state index contributed by atoms with van der Waals surface area (Å²) >= 11 is 0. The van der Waals surface area contributed by atoms with Crippen LogP contribution in [0.5, 0.6) is 23.0 Å². The van der Waals surface area contributed by atoms with Crippen LogP contribution in [0.1, 0.15) is 10.4 Å². The van der Waals surface area contributed by atoms with E-state index in [1.54, 1.807) is 48.7 Å². The number of rotatable bonds is 4. The van der Waals surface area contributed by atoms with Crippen LogP contribution in [-0.2, 0) is 23.8 Å². The van der Waals surface area contributed by atoms with Gasteiger partial charge in [-0.15, -0.1) is 0 Å². The molecule has 2 aromatic rings. The van der Waals surface area contributed by atoms with Gasteiger partial charge in [0.1, 0.15) is 11.3 Å². The molecule has 9 nitrogen and oxygen atoms in total. The molecule has 0 amide bonds. The summed E-state index contributed by atoms with van der Waals surface area (Å²) in [7, 11) is 3.64. The number of carbonyl (C=O) groups is 3. The number of para-hydroxylation sites is 2. The summed E-state index contributed by atoms with van der Waals surface area (Å²) in [5.41, 5.74) is 0.240. The minimum Gasteiger partial charge on any atom is -0.465 e. The summed E-state index contributed by atoms with van der Waals surface area (Å²) in [4.78, 5) is 39.1. The number of esters is 3. The van der Waals surface area contributed by atoms with Gasteiger partial charge in [-0.05, 0) is 30.4 Å². The molecular formula is C24H19NO8. The normalized spacial score (nSPS) is 13.7. The van der Waals surface area contributed by atoms with Gasteiger partial charge in [0.05, 0.1) is 32.6 Å². The van der Waals surface area contributed by atoms with Crippen LogP contribution in [0.2, 0.25) is 0 Å². The number of allylic oxidation sites excluding steroid dienone is 2. The summed E-state index contributed by atoms with van der Waals surface area (Å²) in [6.45, 7) is 0. The van der Waals surface area contributed by atoms with Gasteiger partial charge >= 0.3 is 17.9 Å². The second-order valence-corrected chi connectivity index (χ2v) is 6.78. The quantitative estimate of drug-likeness (QED) is 0.434. The molecule has 0 N–H and O–H groups in total. The Bertz CT molecular complexity index is 1240. The van der Waals surface area contributed by atoms with Crippen molar-refractivity contribution >= 4 is 23.6 Å². The molecular weight excluding hydrogens is 430 g/mol. The fraction of sp³-hybridized carbons (Fsp3) is 0.125. The monoisotopic (exact) mass is 449 g/mol. The average Bonchev–Trinajstić information content (AvgIpc) is 3.08. The molecule has 0 unspecified atom stereocenters. The van der Waals surface area contributed by atoms with E-state index in [4.69, 9.17) is 23.7 Å².